The van der Waals surface area contributed by atoms with Gasteiger partial charge in [0.05, 0.1) is 0 Å². The van der Waals surface area contributed by atoms with Crippen molar-refractivity contribution >= 4 is 0 Å². The van der Waals surface area contributed by atoms with Gasteiger partial charge in [-0.25, -0.2) is 0 Å². The highest BCUT2D eigenvalue weighted by molar-refractivity contribution is 4.82. The van der Waals surface area contributed by atoms with E-state index in [4.69, 9.17) is 0 Å². The van der Waals surface area contributed by atoms with Gasteiger partial charge in [-0.2, -0.15) is 0 Å². The molecule has 0 aromatic carbocycles. The monoisotopic (exact) mass is 241 g/mol. The van der Waals surface area contributed by atoms with E-state index in [1.807, 2.05) is 0 Å². The average molecular weight is 241 g/mol. The second-order valence-electron chi connectivity index (χ2n) is 6.39. The summed E-state index contributed by atoms with van der Waals surface area (Å²) in [5.74, 6) is 2.71. The van der Waals surface area contributed by atoms with Crippen molar-refractivity contribution in [1.82, 2.24) is 5.32 Å². The van der Waals surface area contributed by atoms with Gasteiger partial charge in [-0.3, -0.25) is 0 Å². The molecule has 0 spiro atoms. The Bertz CT molecular complexity index is 195. The van der Waals surface area contributed by atoms with Crippen LogP contribution in [0.2, 0.25) is 0 Å². The first-order valence-electron chi connectivity index (χ1n) is 7.40. The van der Waals surface area contributed by atoms with Crippen LogP contribution >= 0.6 is 0 Å². The molecular formula is C15H31NO. The van der Waals surface area contributed by atoms with Crippen molar-refractivity contribution in [3.8, 4) is 0 Å². The molecule has 102 valence electrons. The Hall–Kier alpha value is -0.0800. The Morgan fingerprint density at radius 2 is 1.65 bits per heavy atom. The molecule has 0 bridgehead atoms. The third kappa shape index (κ3) is 4.59. The zero-order chi connectivity index (χ0) is 12.8. The second-order valence-corrected chi connectivity index (χ2v) is 6.39. The van der Waals surface area contributed by atoms with E-state index in [1.54, 1.807) is 0 Å². The minimum atomic E-state index is 0.353. The van der Waals surface area contributed by atoms with Crippen LogP contribution < -0.4 is 5.32 Å². The summed E-state index contributed by atoms with van der Waals surface area (Å²) in [6, 6.07) is 0.550. The van der Waals surface area contributed by atoms with Gasteiger partial charge in [0.15, 0.2) is 0 Å². The molecular weight excluding hydrogens is 210 g/mol. The lowest BCUT2D eigenvalue weighted by Crippen LogP contribution is -2.43. The van der Waals surface area contributed by atoms with Gasteiger partial charge in [0.25, 0.3) is 0 Å². The van der Waals surface area contributed by atoms with Gasteiger partial charge < -0.3 is 10.4 Å². The third-order valence-electron chi connectivity index (χ3n) is 4.47. The zero-order valence-electron chi connectivity index (χ0n) is 12.1. The fraction of sp³-hybridized carbons (Fsp3) is 1.00. The molecule has 0 saturated heterocycles. The molecule has 2 unspecified atom stereocenters. The molecule has 1 fully saturated rings. The molecule has 2 heteroatoms. The summed E-state index contributed by atoms with van der Waals surface area (Å²) in [4.78, 5) is 0. The van der Waals surface area contributed by atoms with Crippen LogP contribution in [0.3, 0.4) is 0 Å². The quantitative estimate of drug-likeness (QED) is 0.749. The smallest absolute Gasteiger partial charge is 0.0474 e. The van der Waals surface area contributed by atoms with Crippen molar-refractivity contribution in [2.24, 2.45) is 23.7 Å². The Labute approximate surface area is 107 Å². The van der Waals surface area contributed by atoms with Crippen LogP contribution in [0.5, 0.6) is 0 Å². The molecule has 1 saturated carbocycles. The summed E-state index contributed by atoms with van der Waals surface area (Å²) in [5.41, 5.74) is 0. The molecule has 1 rings (SSSR count). The zero-order valence-corrected chi connectivity index (χ0v) is 12.1. The summed E-state index contributed by atoms with van der Waals surface area (Å²) >= 11 is 0. The number of hydrogen-bond donors (Lipinski definition) is 2. The van der Waals surface area contributed by atoms with Crippen molar-refractivity contribution < 1.29 is 5.11 Å². The Kier molecular flexibility index (Phi) is 6.50. The van der Waals surface area contributed by atoms with Crippen LogP contribution in [0.15, 0.2) is 0 Å². The van der Waals surface area contributed by atoms with Crippen molar-refractivity contribution in [3.05, 3.63) is 0 Å². The van der Waals surface area contributed by atoms with Gasteiger partial charge >= 0.3 is 0 Å². The molecule has 0 amide bonds. The average Bonchev–Trinajstić information content (AvgIpc) is 2.29. The second kappa shape index (κ2) is 7.38. The van der Waals surface area contributed by atoms with Gasteiger partial charge in [-0.05, 0) is 43.1 Å². The van der Waals surface area contributed by atoms with E-state index in [0.717, 1.165) is 24.3 Å². The molecule has 0 heterocycles. The number of rotatable bonds is 6. The molecule has 2 nitrogen and oxygen atoms in total. The summed E-state index contributed by atoms with van der Waals surface area (Å²) in [6.45, 7) is 10.7. The van der Waals surface area contributed by atoms with Crippen LogP contribution in [0.25, 0.3) is 0 Å². The van der Waals surface area contributed by atoms with Crippen molar-refractivity contribution in [2.75, 3.05) is 13.2 Å². The summed E-state index contributed by atoms with van der Waals surface area (Å²) in [7, 11) is 0. The van der Waals surface area contributed by atoms with Crippen LogP contribution in [0, 0.1) is 23.7 Å². The molecule has 1 aliphatic carbocycles. The highest BCUT2D eigenvalue weighted by Gasteiger charge is 2.26. The Morgan fingerprint density at radius 3 is 2.18 bits per heavy atom. The Balaban J connectivity index is 2.41. The maximum Gasteiger partial charge on any atom is 0.0474 e. The predicted molar refractivity (Wildman–Crippen MR) is 74.0 cm³/mol. The lowest BCUT2D eigenvalue weighted by atomic mass is 9.82. The fourth-order valence-corrected chi connectivity index (χ4v) is 3.22. The van der Waals surface area contributed by atoms with E-state index in [2.05, 4.69) is 33.0 Å². The largest absolute Gasteiger partial charge is 0.396 e. The van der Waals surface area contributed by atoms with Crippen molar-refractivity contribution in [1.29, 1.82) is 0 Å². The van der Waals surface area contributed by atoms with Crippen LogP contribution in [0.4, 0.5) is 0 Å². The molecule has 0 radical (unpaired) electrons. The molecule has 17 heavy (non-hydrogen) atoms. The van der Waals surface area contributed by atoms with Crippen LogP contribution in [-0.4, -0.2) is 24.3 Å². The van der Waals surface area contributed by atoms with Gasteiger partial charge in [0, 0.05) is 12.6 Å². The highest BCUT2D eigenvalue weighted by atomic mass is 16.3. The fourth-order valence-electron chi connectivity index (χ4n) is 3.22. The predicted octanol–water partition coefficient (Wildman–Crippen LogP) is 3.06. The Morgan fingerprint density at radius 1 is 1.06 bits per heavy atom. The minimum Gasteiger partial charge on any atom is -0.396 e. The molecule has 0 aromatic rings. The van der Waals surface area contributed by atoms with E-state index >= 15 is 0 Å². The van der Waals surface area contributed by atoms with Gasteiger partial charge in [0.2, 0.25) is 0 Å². The summed E-state index contributed by atoms with van der Waals surface area (Å²) in [6.07, 6.45) is 5.06. The SMILES string of the molecule is CC(C)C(CNC1CCCCC1CO)C(C)C. The van der Waals surface area contributed by atoms with Crippen molar-refractivity contribution in [2.45, 2.75) is 59.4 Å². The highest BCUT2D eigenvalue weighted by Crippen LogP contribution is 2.25. The maximum absolute atomic E-state index is 9.41. The molecule has 2 N–H and O–H groups in total. The lowest BCUT2D eigenvalue weighted by molar-refractivity contribution is 0.143. The number of hydrogen-bond acceptors (Lipinski definition) is 2. The first kappa shape index (κ1) is 15.0. The number of aliphatic hydroxyl groups is 1. The standard InChI is InChI=1S/C15H31NO/c1-11(2)14(12(3)4)9-16-15-8-6-5-7-13(15)10-17/h11-17H,5-10H2,1-4H3. The normalized spacial score (nSPS) is 26.1. The molecule has 2 atom stereocenters. The van der Waals surface area contributed by atoms with Crippen LogP contribution in [0.1, 0.15) is 53.4 Å². The molecule has 0 aromatic heterocycles. The first-order valence-corrected chi connectivity index (χ1v) is 7.40. The van der Waals surface area contributed by atoms with E-state index in [1.165, 1.54) is 25.7 Å². The van der Waals surface area contributed by atoms with Gasteiger partial charge in [-0.1, -0.05) is 40.5 Å². The molecule has 0 aliphatic heterocycles. The van der Waals surface area contributed by atoms with E-state index in [0.29, 0.717) is 18.6 Å². The van der Waals surface area contributed by atoms with E-state index < -0.39 is 0 Å². The summed E-state index contributed by atoms with van der Waals surface area (Å²) in [5, 5.41) is 13.1. The number of nitrogens with one attached hydrogen (secondary N) is 1. The third-order valence-corrected chi connectivity index (χ3v) is 4.47. The van der Waals surface area contributed by atoms with Crippen molar-refractivity contribution in [3.63, 3.8) is 0 Å². The van der Waals surface area contributed by atoms with E-state index in [-0.39, 0.29) is 0 Å². The van der Waals surface area contributed by atoms with Crippen LogP contribution in [-0.2, 0) is 0 Å². The first-order chi connectivity index (χ1) is 8.06. The van der Waals surface area contributed by atoms with Gasteiger partial charge in [0.1, 0.15) is 0 Å². The van der Waals surface area contributed by atoms with E-state index in [9.17, 15) is 5.11 Å². The lowest BCUT2D eigenvalue weighted by Gasteiger charge is -2.34. The molecule has 1 aliphatic rings. The minimum absolute atomic E-state index is 0.353. The summed E-state index contributed by atoms with van der Waals surface area (Å²) < 4.78 is 0. The topological polar surface area (TPSA) is 32.3 Å². The van der Waals surface area contributed by atoms with Gasteiger partial charge in [-0.15, -0.1) is 0 Å². The maximum atomic E-state index is 9.41. The number of aliphatic hydroxyl groups excluding tert-OH is 1.